The Balaban J connectivity index is 1.67. The number of hydrogen-bond acceptors (Lipinski definition) is 4. The van der Waals surface area contributed by atoms with Crippen LogP contribution in [0.5, 0.6) is 0 Å². The van der Waals surface area contributed by atoms with Crippen molar-refractivity contribution in [3.63, 3.8) is 0 Å². The fourth-order valence-electron chi connectivity index (χ4n) is 2.34. The first-order chi connectivity index (χ1) is 13.7. The largest absolute Gasteiger partial charge is 0.456 e. The molecule has 2 N–H and O–H groups in total. The molecule has 0 fully saturated rings. The number of aryl methyl sites for hydroxylation is 1. The molecule has 2 aromatic carbocycles. The van der Waals surface area contributed by atoms with Crippen molar-refractivity contribution in [2.45, 2.75) is 26.2 Å². The molecule has 0 spiro atoms. The minimum Gasteiger partial charge on any atom is -0.456 e. The van der Waals surface area contributed by atoms with Crippen molar-refractivity contribution in [3.8, 4) is 0 Å². The smallest absolute Gasteiger partial charge is 0.306 e. The lowest BCUT2D eigenvalue weighted by molar-refractivity contribution is -0.147. The summed E-state index contributed by atoms with van der Waals surface area (Å²) in [4.78, 5) is 35.5. The van der Waals surface area contributed by atoms with Gasteiger partial charge in [-0.15, -0.1) is 0 Å². The molecule has 0 aliphatic carbocycles. The van der Waals surface area contributed by atoms with E-state index >= 15 is 0 Å². The Hall–Kier alpha value is -2.45. The molecule has 0 atom stereocenters. The lowest BCUT2D eigenvalue weighted by atomic mass is 10.2. The molecule has 0 aromatic heterocycles. The zero-order valence-corrected chi connectivity index (χ0v) is 17.9. The van der Waals surface area contributed by atoms with Crippen molar-refractivity contribution < 1.29 is 23.5 Å². The van der Waals surface area contributed by atoms with E-state index in [1.165, 1.54) is 24.3 Å². The highest BCUT2D eigenvalue weighted by molar-refractivity contribution is 9.10. The number of benzene rings is 2. The maximum atomic E-state index is 12.8. The highest BCUT2D eigenvalue weighted by Gasteiger charge is 2.12. The van der Waals surface area contributed by atoms with E-state index in [1.807, 2.05) is 0 Å². The van der Waals surface area contributed by atoms with E-state index in [9.17, 15) is 18.8 Å². The Morgan fingerprint density at radius 3 is 2.45 bits per heavy atom. The number of hydrogen-bond donors (Lipinski definition) is 2. The maximum Gasteiger partial charge on any atom is 0.306 e. The SMILES string of the molecule is Cc1cc(Br)c(Cl)cc1NC(=O)COC(=O)CCCC(=O)Nc1ccc(F)cc1. The summed E-state index contributed by atoms with van der Waals surface area (Å²) in [6, 6.07) is 8.73. The van der Waals surface area contributed by atoms with Crippen LogP contribution in [-0.2, 0) is 19.1 Å². The predicted molar refractivity (Wildman–Crippen MR) is 112 cm³/mol. The van der Waals surface area contributed by atoms with Crippen molar-refractivity contribution in [3.05, 3.63) is 57.3 Å². The van der Waals surface area contributed by atoms with Crippen LogP contribution in [0.2, 0.25) is 5.02 Å². The predicted octanol–water partition coefficient (Wildman–Crippen LogP) is 4.84. The second-order valence-corrected chi connectivity index (χ2v) is 7.46. The van der Waals surface area contributed by atoms with Crippen LogP contribution < -0.4 is 10.6 Å². The first-order valence-electron chi connectivity index (χ1n) is 8.71. The zero-order chi connectivity index (χ0) is 21.4. The van der Waals surface area contributed by atoms with Gasteiger partial charge in [-0.3, -0.25) is 14.4 Å². The topological polar surface area (TPSA) is 84.5 Å². The van der Waals surface area contributed by atoms with Crippen LogP contribution in [0, 0.1) is 12.7 Å². The van der Waals surface area contributed by atoms with Crippen LogP contribution in [0.1, 0.15) is 24.8 Å². The molecule has 9 heteroatoms. The Morgan fingerprint density at radius 2 is 1.76 bits per heavy atom. The lowest BCUT2D eigenvalue weighted by Gasteiger charge is -2.10. The van der Waals surface area contributed by atoms with Crippen LogP contribution in [0.15, 0.2) is 40.9 Å². The molecular formula is C20H19BrClFN2O4. The van der Waals surface area contributed by atoms with Gasteiger partial charge >= 0.3 is 5.97 Å². The number of halogens is 3. The number of anilines is 2. The van der Waals surface area contributed by atoms with E-state index in [1.54, 1.807) is 19.1 Å². The van der Waals surface area contributed by atoms with Gasteiger partial charge in [-0.25, -0.2) is 4.39 Å². The normalized spacial score (nSPS) is 10.3. The number of carbonyl (C=O) groups is 3. The van der Waals surface area contributed by atoms with Crippen LogP contribution in [-0.4, -0.2) is 24.4 Å². The quantitative estimate of drug-likeness (QED) is 0.524. The molecule has 0 heterocycles. The van der Waals surface area contributed by atoms with Crippen molar-refractivity contribution in [1.29, 1.82) is 0 Å². The second kappa shape index (κ2) is 10.9. The van der Waals surface area contributed by atoms with E-state index in [-0.39, 0.29) is 25.2 Å². The molecule has 2 rings (SSSR count). The Labute approximate surface area is 180 Å². The summed E-state index contributed by atoms with van der Waals surface area (Å²) in [6.45, 7) is 1.37. The highest BCUT2D eigenvalue weighted by Crippen LogP contribution is 2.28. The molecule has 0 bridgehead atoms. The summed E-state index contributed by atoms with van der Waals surface area (Å²) in [6.07, 6.45) is 0.345. The third-order valence-electron chi connectivity index (χ3n) is 3.82. The molecular weight excluding hydrogens is 467 g/mol. The van der Waals surface area contributed by atoms with Gasteiger partial charge in [0.1, 0.15) is 5.82 Å². The molecule has 2 amide bonds. The van der Waals surface area contributed by atoms with Crippen LogP contribution in [0.4, 0.5) is 15.8 Å². The minimum absolute atomic E-state index is 0.00669. The summed E-state index contributed by atoms with van der Waals surface area (Å²) >= 11 is 9.30. The van der Waals surface area contributed by atoms with Crippen LogP contribution >= 0.6 is 27.5 Å². The van der Waals surface area contributed by atoms with Gasteiger partial charge in [-0.2, -0.15) is 0 Å². The van der Waals surface area contributed by atoms with E-state index in [0.717, 1.165) is 5.56 Å². The summed E-state index contributed by atoms with van der Waals surface area (Å²) in [7, 11) is 0. The molecule has 0 unspecified atom stereocenters. The van der Waals surface area contributed by atoms with Gasteiger partial charge in [-0.05, 0) is 71.2 Å². The standard InChI is InChI=1S/C20H19BrClFN2O4/c1-12-9-15(21)16(22)10-17(12)25-19(27)11-29-20(28)4-2-3-18(26)24-14-7-5-13(23)6-8-14/h5-10H,2-4,11H2,1H3,(H,24,26)(H,25,27). The van der Waals surface area contributed by atoms with Crippen molar-refractivity contribution >= 4 is 56.7 Å². The lowest BCUT2D eigenvalue weighted by Crippen LogP contribution is -2.21. The van der Waals surface area contributed by atoms with Gasteiger partial charge in [0.15, 0.2) is 6.61 Å². The summed E-state index contributed by atoms with van der Waals surface area (Å²) in [5, 5.41) is 5.67. The Kier molecular flexibility index (Phi) is 8.60. The molecule has 0 aliphatic heterocycles. The fourth-order valence-corrected chi connectivity index (χ4v) is 2.96. The van der Waals surface area contributed by atoms with Gasteiger partial charge < -0.3 is 15.4 Å². The second-order valence-electron chi connectivity index (χ2n) is 6.20. The monoisotopic (exact) mass is 484 g/mol. The van der Waals surface area contributed by atoms with E-state index in [4.69, 9.17) is 16.3 Å². The van der Waals surface area contributed by atoms with Gasteiger partial charge in [0.2, 0.25) is 5.91 Å². The third kappa shape index (κ3) is 7.83. The highest BCUT2D eigenvalue weighted by atomic mass is 79.9. The first kappa shape index (κ1) is 22.8. The number of carbonyl (C=O) groups excluding carboxylic acids is 3. The molecule has 0 saturated heterocycles. The molecule has 29 heavy (non-hydrogen) atoms. The maximum absolute atomic E-state index is 12.8. The van der Waals surface area contributed by atoms with Crippen molar-refractivity contribution in [1.82, 2.24) is 0 Å². The molecule has 154 valence electrons. The van der Waals surface area contributed by atoms with Gasteiger partial charge in [-0.1, -0.05) is 11.6 Å². The average molecular weight is 486 g/mol. The number of esters is 1. The molecule has 6 nitrogen and oxygen atoms in total. The number of nitrogens with one attached hydrogen (secondary N) is 2. The van der Waals surface area contributed by atoms with E-state index < -0.39 is 24.3 Å². The summed E-state index contributed by atoms with van der Waals surface area (Å²) in [5.41, 5.74) is 1.80. The Bertz CT molecular complexity index is 906. The molecule has 2 aromatic rings. The number of ether oxygens (including phenoxy) is 1. The van der Waals surface area contributed by atoms with Gasteiger partial charge in [0.25, 0.3) is 5.91 Å². The van der Waals surface area contributed by atoms with E-state index in [2.05, 4.69) is 26.6 Å². The van der Waals surface area contributed by atoms with Crippen molar-refractivity contribution in [2.24, 2.45) is 0 Å². The van der Waals surface area contributed by atoms with Crippen LogP contribution in [0.25, 0.3) is 0 Å². The minimum atomic E-state index is -0.583. The van der Waals surface area contributed by atoms with Gasteiger partial charge in [0, 0.05) is 28.7 Å². The third-order valence-corrected chi connectivity index (χ3v) is 5.02. The molecule has 0 saturated carbocycles. The fraction of sp³-hybridized carbons (Fsp3) is 0.250. The summed E-state index contributed by atoms with van der Waals surface area (Å²) in [5.74, 6) is -1.77. The average Bonchev–Trinajstić information content (AvgIpc) is 2.66. The van der Waals surface area contributed by atoms with Crippen LogP contribution in [0.3, 0.4) is 0 Å². The molecule has 0 aliphatic rings. The Morgan fingerprint density at radius 1 is 1.07 bits per heavy atom. The number of amides is 2. The van der Waals surface area contributed by atoms with Gasteiger partial charge in [0.05, 0.1) is 5.02 Å². The zero-order valence-electron chi connectivity index (χ0n) is 15.6. The summed E-state index contributed by atoms with van der Waals surface area (Å²) < 4.78 is 18.4. The number of rotatable bonds is 8. The van der Waals surface area contributed by atoms with Crippen molar-refractivity contribution in [2.75, 3.05) is 17.2 Å². The molecule has 0 radical (unpaired) electrons. The first-order valence-corrected chi connectivity index (χ1v) is 9.88. The van der Waals surface area contributed by atoms with E-state index in [0.29, 0.717) is 20.9 Å².